The molecule has 0 unspecified atom stereocenters. The first-order valence-corrected chi connectivity index (χ1v) is 6.89. The summed E-state index contributed by atoms with van der Waals surface area (Å²) in [6.45, 7) is 9.70. The van der Waals surface area contributed by atoms with Gasteiger partial charge in [-0.05, 0) is 38.7 Å². The molecule has 0 saturated carbocycles. The third-order valence-electron chi connectivity index (χ3n) is 2.39. The van der Waals surface area contributed by atoms with Crippen LogP contribution in [0.15, 0.2) is 35.4 Å². The molecule has 0 bridgehead atoms. The van der Waals surface area contributed by atoms with E-state index in [9.17, 15) is 4.79 Å². The monoisotopic (exact) mass is 276 g/mol. The number of ether oxygens (including phenoxy) is 1. The summed E-state index contributed by atoms with van der Waals surface area (Å²) in [4.78, 5) is 11.6. The van der Waals surface area contributed by atoms with Crippen molar-refractivity contribution < 1.29 is 9.53 Å². The van der Waals surface area contributed by atoms with E-state index >= 15 is 0 Å². The summed E-state index contributed by atoms with van der Waals surface area (Å²) in [7, 11) is 0. The Morgan fingerprint density at radius 2 is 1.85 bits per heavy atom. The summed E-state index contributed by atoms with van der Waals surface area (Å²) in [5.74, 6) is 0.453. The van der Waals surface area contributed by atoms with Crippen LogP contribution in [0, 0.1) is 5.92 Å². The van der Waals surface area contributed by atoms with Gasteiger partial charge in [0.15, 0.2) is 0 Å². The second kappa shape index (κ2) is 7.08. The maximum Gasteiger partial charge on any atom is 0.428 e. The molecule has 4 nitrogen and oxygen atoms in total. The Bertz CT molecular complexity index is 459. The molecular formula is C16H24N2O2. The highest BCUT2D eigenvalue weighted by Gasteiger charge is 2.16. The van der Waals surface area contributed by atoms with E-state index in [0.29, 0.717) is 5.92 Å². The van der Waals surface area contributed by atoms with Crippen LogP contribution in [0.1, 0.15) is 46.6 Å². The minimum Gasteiger partial charge on any atom is -0.443 e. The molecule has 1 rings (SSSR count). The molecular weight excluding hydrogens is 252 g/mol. The third kappa shape index (κ3) is 6.36. The van der Waals surface area contributed by atoms with Crippen molar-refractivity contribution in [2.24, 2.45) is 11.0 Å². The Morgan fingerprint density at radius 3 is 2.35 bits per heavy atom. The van der Waals surface area contributed by atoms with E-state index in [-0.39, 0.29) is 0 Å². The summed E-state index contributed by atoms with van der Waals surface area (Å²) in [5, 5.41) is 4.21. The maximum absolute atomic E-state index is 11.6. The van der Waals surface area contributed by atoms with Crippen LogP contribution in [0.2, 0.25) is 0 Å². The van der Waals surface area contributed by atoms with Crippen LogP contribution in [0.5, 0.6) is 0 Å². The van der Waals surface area contributed by atoms with Gasteiger partial charge in [0.25, 0.3) is 0 Å². The van der Waals surface area contributed by atoms with Crippen molar-refractivity contribution >= 4 is 11.8 Å². The molecule has 0 atom stereocenters. The molecule has 0 heterocycles. The predicted molar refractivity (Wildman–Crippen MR) is 81.8 cm³/mol. The lowest BCUT2D eigenvalue weighted by atomic mass is 10.0. The molecule has 0 saturated heterocycles. The summed E-state index contributed by atoms with van der Waals surface area (Å²) >= 11 is 0. The first-order valence-electron chi connectivity index (χ1n) is 6.89. The summed E-state index contributed by atoms with van der Waals surface area (Å²) in [6.07, 6.45) is 0.259. The number of benzene rings is 1. The molecule has 1 aromatic carbocycles. The molecule has 1 N–H and O–H groups in total. The second-order valence-corrected chi connectivity index (χ2v) is 6.14. The van der Waals surface area contributed by atoms with Gasteiger partial charge in [0.1, 0.15) is 5.60 Å². The van der Waals surface area contributed by atoms with E-state index in [2.05, 4.69) is 24.4 Å². The van der Waals surface area contributed by atoms with Crippen molar-refractivity contribution in [2.45, 2.75) is 46.6 Å². The number of carbonyl (C=O) groups is 1. The highest BCUT2D eigenvalue weighted by atomic mass is 16.6. The van der Waals surface area contributed by atoms with Crippen LogP contribution in [0.4, 0.5) is 4.79 Å². The van der Waals surface area contributed by atoms with Crippen LogP contribution in [0.25, 0.3) is 0 Å². The second-order valence-electron chi connectivity index (χ2n) is 6.14. The smallest absolute Gasteiger partial charge is 0.428 e. The van der Waals surface area contributed by atoms with Gasteiger partial charge < -0.3 is 4.74 Å². The number of rotatable bonds is 4. The fourth-order valence-electron chi connectivity index (χ4n) is 1.66. The zero-order chi connectivity index (χ0) is 15.2. The fourth-order valence-corrected chi connectivity index (χ4v) is 1.66. The predicted octanol–water partition coefficient (Wildman–Crippen LogP) is 3.96. The van der Waals surface area contributed by atoms with Gasteiger partial charge in [0.05, 0.1) is 5.71 Å². The van der Waals surface area contributed by atoms with Crippen molar-refractivity contribution in [3.8, 4) is 0 Å². The zero-order valence-corrected chi connectivity index (χ0v) is 12.9. The highest BCUT2D eigenvalue weighted by molar-refractivity contribution is 6.01. The minimum atomic E-state index is -0.533. The number of carbonyl (C=O) groups excluding carboxylic acids is 1. The summed E-state index contributed by atoms with van der Waals surface area (Å²) in [5.41, 5.74) is 3.81. The molecule has 0 aromatic heterocycles. The largest absolute Gasteiger partial charge is 0.443 e. The van der Waals surface area contributed by atoms with Gasteiger partial charge in [-0.1, -0.05) is 44.2 Å². The SMILES string of the molecule is CC(C)C/C(=N/NC(=O)OC(C)(C)C)c1ccccc1. The van der Waals surface area contributed by atoms with Crippen molar-refractivity contribution in [3.05, 3.63) is 35.9 Å². The lowest BCUT2D eigenvalue weighted by Crippen LogP contribution is -2.30. The van der Waals surface area contributed by atoms with Crippen LogP contribution >= 0.6 is 0 Å². The standard InChI is InChI=1S/C16H24N2O2/c1-12(2)11-14(13-9-7-6-8-10-13)17-18-15(19)20-16(3,4)5/h6-10,12H,11H2,1-5H3,(H,18,19)/b17-14-. The molecule has 110 valence electrons. The molecule has 1 aromatic rings. The van der Waals surface area contributed by atoms with Crippen molar-refractivity contribution in [3.63, 3.8) is 0 Å². The molecule has 0 aliphatic rings. The van der Waals surface area contributed by atoms with Crippen LogP contribution < -0.4 is 5.43 Å². The normalized spacial score (nSPS) is 12.4. The molecule has 0 radical (unpaired) electrons. The number of hydrogen-bond donors (Lipinski definition) is 1. The first-order chi connectivity index (χ1) is 9.28. The fraction of sp³-hybridized carbons (Fsp3) is 0.500. The van der Waals surface area contributed by atoms with E-state index in [1.54, 1.807) is 0 Å². The number of hydrazone groups is 1. The van der Waals surface area contributed by atoms with Crippen molar-refractivity contribution in [2.75, 3.05) is 0 Å². The summed E-state index contributed by atoms with van der Waals surface area (Å²) in [6, 6.07) is 9.84. The van der Waals surface area contributed by atoms with Gasteiger partial charge in [0.2, 0.25) is 0 Å². The maximum atomic E-state index is 11.6. The van der Waals surface area contributed by atoms with E-state index < -0.39 is 11.7 Å². The van der Waals surface area contributed by atoms with Crippen LogP contribution in [0.3, 0.4) is 0 Å². The first kappa shape index (κ1) is 16.2. The summed E-state index contributed by atoms with van der Waals surface area (Å²) < 4.78 is 5.17. The molecule has 0 aliphatic heterocycles. The quantitative estimate of drug-likeness (QED) is 0.668. The zero-order valence-electron chi connectivity index (χ0n) is 12.9. The average molecular weight is 276 g/mol. The van der Waals surface area contributed by atoms with Crippen LogP contribution in [-0.4, -0.2) is 17.4 Å². The molecule has 0 aliphatic carbocycles. The molecule has 0 spiro atoms. The van der Waals surface area contributed by atoms with Gasteiger partial charge in [-0.3, -0.25) is 0 Å². The van der Waals surface area contributed by atoms with E-state index in [4.69, 9.17) is 4.74 Å². The van der Waals surface area contributed by atoms with Gasteiger partial charge >= 0.3 is 6.09 Å². The number of amides is 1. The Morgan fingerprint density at radius 1 is 1.25 bits per heavy atom. The average Bonchev–Trinajstić information content (AvgIpc) is 2.33. The molecule has 20 heavy (non-hydrogen) atoms. The third-order valence-corrected chi connectivity index (χ3v) is 2.39. The van der Waals surface area contributed by atoms with Crippen LogP contribution in [-0.2, 0) is 4.74 Å². The van der Waals surface area contributed by atoms with E-state index in [1.165, 1.54) is 0 Å². The molecule has 1 amide bonds. The topological polar surface area (TPSA) is 50.7 Å². The Labute approximate surface area is 121 Å². The number of nitrogens with zero attached hydrogens (tertiary/aromatic N) is 1. The lowest BCUT2D eigenvalue weighted by Gasteiger charge is -2.19. The lowest BCUT2D eigenvalue weighted by molar-refractivity contribution is 0.0529. The Kier molecular flexibility index (Phi) is 5.74. The van der Waals surface area contributed by atoms with Gasteiger partial charge in [-0.15, -0.1) is 0 Å². The van der Waals surface area contributed by atoms with Crippen molar-refractivity contribution in [1.82, 2.24) is 5.43 Å². The Hall–Kier alpha value is -1.84. The van der Waals surface area contributed by atoms with Gasteiger partial charge in [0, 0.05) is 0 Å². The van der Waals surface area contributed by atoms with Gasteiger partial charge in [-0.2, -0.15) is 5.10 Å². The van der Waals surface area contributed by atoms with E-state index in [1.807, 2.05) is 51.1 Å². The highest BCUT2D eigenvalue weighted by Crippen LogP contribution is 2.11. The molecule has 4 heteroatoms. The van der Waals surface area contributed by atoms with E-state index in [0.717, 1.165) is 17.7 Å². The Balaban J connectivity index is 2.79. The number of nitrogens with one attached hydrogen (secondary N) is 1. The number of hydrogen-bond acceptors (Lipinski definition) is 3. The van der Waals surface area contributed by atoms with Gasteiger partial charge in [-0.25, -0.2) is 10.2 Å². The van der Waals surface area contributed by atoms with Crippen molar-refractivity contribution in [1.29, 1.82) is 0 Å². The minimum absolute atomic E-state index is 0.453. The molecule has 0 fully saturated rings.